The molecular formula is C16H21ClFNO2. The van der Waals surface area contributed by atoms with Crippen molar-refractivity contribution in [3.8, 4) is 0 Å². The van der Waals surface area contributed by atoms with E-state index in [1.807, 2.05) is 0 Å². The summed E-state index contributed by atoms with van der Waals surface area (Å²) in [6.07, 6.45) is 3.11. The smallest absolute Gasteiger partial charge is 0.310 e. The van der Waals surface area contributed by atoms with Crippen LogP contribution in [0.25, 0.3) is 0 Å². The lowest BCUT2D eigenvalue weighted by atomic mass is 9.76. The molecule has 0 aliphatic carbocycles. The van der Waals surface area contributed by atoms with Crippen molar-refractivity contribution in [2.24, 2.45) is 5.92 Å². The molecule has 1 aromatic carbocycles. The first-order valence-electron chi connectivity index (χ1n) is 7.17. The third kappa shape index (κ3) is 2.79. The fourth-order valence-electron chi connectivity index (χ4n) is 3.98. The molecule has 2 heterocycles. The van der Waals surface area contributed by atoms with Gasteiger partial charge in [0.25, 0.3) is 0 Å². The number of hydrogen-bond donors (Lipinski definition) is 0. The van der Waals surface area contributed by atoms with Crippen molar-refractivity contribution in [3.05, 3.63) is 35.6 Å². The van der Waals surface area contributed by atoms with Gasteiger partial charge in [0.05, 0.1) is 13.0 Å². The molecule has 5 heteroatoms. The van der Waals surface area contributed by atoms with Gasteiger partial charge in [-0.15, -0.1) is 12.4 Å². The Morgan fingerprint density at radius 1 is 1.29 bits per heavy atom. The first kappa shape index (κ1) is 16.2. The van der Waals surface area contributed by atoms with E-state index in [1.54, 1.807) is 12.1 Å². The average molecular weight is 314 g/mol. The quantitative estimate of drug-likeness (QED) is 0.786. The van der Waals surface area contributed by atoms with Crippen LogP contribution in [-0.2, 0) is 9.53 Å². The van der Waals surface area contributed by atoms with E-state index in [0.717, 1.165) is 24.8 Å². The van der Waals surface area contributed by atoms with Crippen molar-refractivity contribution in [2.45, 2.75) is 37.3 Å². The normalized spacial score (nSPS) is 31.6. The molecule has 116 valence electrons. The summed E-state index contributed by atoms with van der Waals surface area (Å²) >= 11 is 0. The Hall–Kier alpha value is -1.13. The lowest BCUT2D eigenvalue weighted by Crippen LogP contribution is -2.49. The van der Waals surface area contributed by atoms with Crippen LogP contribution in [0.5, 0.6) is 0 Å². The molecule has 2 aliphatic heterocycles. The maximum Gasteiger partial charge on any atom is 0.310 e. The number of rotatable bonds is 2. The van der Waals surface area contributed by atoms with Crippen LogP contribution in [0.4, 0.5) is 4.39 Å². The largest absolute Gasteiger partial charge is 0.469 e. The molecule has 2 aliphatic rings. The SMILES string of the molecule is COC(=O)[C@H]1[C@@H](c2ccc(F)cc2)C[C@@H]2CC[C@H]1N2C.Cl. The van der Waals surface area contributed by atoms with E-state index in [1.165, 1.54) is 19.2 Å². The number of carbonyl (C=O) groups excluding carboxylic acids is 1. The van der Waals surface area contributed by atoms with Gasteiger partial charge in [-0.2, -0.15) is 0 Å². The van der Waals surface area contributed by atoms with Crippen LogP contribution in [-0.4, -0.2) is 37.1 Å². The van der Waals surface area contributed by atoms with Crippen LogP contribution >= 0.6 is 12.4 Å². The molecule has 0 saturated carbocycles. The average Bonchev–Trinajstić information content (AvgIpc) is 2.70. The molecule has 3 nitrogen and oxygen atoms in total. The number of nitrogens with zero attached hydrogens (tertiary/aromatic N) is 1. The number of esters is 1. The predicted molar refractivity (Wildman–Crippen MR) is 81.1 cm³/mol. The van der Waals surface area contributed by atoms with Gasteiger partial charge in [-0.3, -0.25) is 9.69 Å². The molecular weight excluding hydrogens is 293 g/mol. The van der Waals surface area contributed by atoms with Gasteiger partial charge in [-0.05, 0) is 44.0 Å². The summed E-state index contributed by atoms with van der Waals surface area (Å²) in [4.78, 5) is 14.5. The first-order valence-corrected chi connectivity index (χ1v) is 7.17. The molecule has 2 fully saturated rings. The number of ether oxygens (including phenoxy) is 1. The number of methoxy groups -OCH3 is 1. The van der Waals surface area contributed by atoms with E-state index >= 15 is 0 Å². The standard InChI is InChI=1S/C16H20FNO2.ClH/c1-18-12-7-8-14(18)15(16(19)20-2)13(9-12)10-3-5-11(17)6-4-10;/h3-6,12-15H,7-9H2,1-2H3;1H/t12-,13+,14+,15-;/m0./s1. The van der Waals surface area contributed by atoms with Gasteiger partial charge < -0.3 is 4.74 Å². The monoisotopic (exact) mass is 313 g/mol. The summed E-state index contributed by atoms with van der Waals surface area (Å²) in [5.74, 6) is -0.387. The summed E-state index contributed by atoms with van der Waals surface area (Å²) in [6, 6.07) is 7.34. The Morgan fingerprint density at radius 2 is 1.95 bits per heavy atom. The second kappa shape index (κ2) is 6.32. The second-order valence-electron chi connectivity index (χ2n) is 5.91. The first-order chi connectivity index (χ1) is 9.61. The van der Waals surface area contributed by atoms with Crippen LogP contribution in [0.2, 0.25) is 0 Å². The number of piperidine rings is 1. The zero-order valence-corrected chi connectivity index (χ0v) is 13.1. The molecule has 0 N–H and O–H groups in total. The molecule has 3 rings (SSSR count). The minimum Gasteiger partial charge on any atom is -0.469 e. The van der Waals surface area contributed by atoms with E-state index < -0.39 is 0 Å². The van der Waals surface area contributed by atoms with Gasteiger partial charge in [-0.25, -0.2) is 4.39 Å². The second-order valence-corrected chi connectivity index (χ2v) is 5.91. The lowest BCUT2D eigenvalue weighted by Gasteiger charge is -2.41. The minimum absolute atomic E-state index is 0. The van der Waals surface area contributed by atoms with Crippen molar-refractivity contribution in [1.29, 1.82) is 0 Å². The highest BCUT2D eigenvalue weighted by atomic mass is 35.5. The van der Waals surface area contributed by atoms with Gasteiger partial charge in [0.1, 0.15) is 5.82 Å². The fourth-order valence-corrected chi connectivity index (χ4v) is 3.98. The topological polar surface area (TPSA) is 29.5 Å². The third-order valence-corrected chi connectivity index (χ3v) is 5.04. The van der Waals surface area contributed by atoms with Crippen molar-refractivity contribution in [2.75, 3.05) is 14.2 Å². The third-order valence-electron chi connectivity index (χ3n) is 5.04. The Kier molecular flexibility index (Phi) is 4.89. The maximum absolute atomic E-state index is 13.1. The number of benzene rings is 1. The molecule has 1 aromatic rings. The molecule has 21 heavy (non-hydrogen) atoms. The highest BCUT2D eigenvalue weighted by molar-refractivity contribution is 5.85. The summed E-state index contributed by atoms with van der Waals surface area (Å²) in [6.45, 7) is 0. The molecule has 0 unspecified atom stereocenters. The van der Waals surface area contributed by atoms with E-state index in [9.17, 15) is 9.18 Å². The number of hydrogen-bond acceptors (Lipinski definition) is 3. The van der Waals surface area contributed by atoms with Crippen LogP contribution in [0.3, 0.4) is 0 Å². The van der Waals surface area contributed by atoms with Gasteiger partial charge in [0.15, 0.2) is 0 Å². The summed E-state index contributed by atoms with van der Waals surface area (Å²) in [7, 11) is 3.55. The Bertz CT molecular complexity index is 508. The Labute approximate surface area is 130 Å². The molecule has 2 bridgehead atoms. The van der Waals surface area contributed by atoms with Crippen molar-refractivity contribution in [1.82, 2.24) is 4.90 Å². The number of carbonyl (C=O) groups is 1. The van der Waals surface area contributed by atoms with Crippen molar-refractivity contribution in [3.63, 3.8) is 0 Å². The van der Waals surface area contributed by atoms with Crippen LogP contribution in [0.15, 0.2) is 24.3 Å². The maximum atomic E-state index is 13.1. The Balaban J connectivity index is 0.00000161. The van der Waals surface area contributed by atoms with Gasteiger partial charge in [0, 0.05) is 18.0 Å². The van der Waals surface area contributed by atoms with E-state index in [0.29, 0.717) is 6.04 Å². The molecule has 4 atom stereocenters. The predicted octanol–water partition coefficient (Wildman–Crippen LogP) is 2.99. The van der Waals surface area contributed by atoms with Crippen LogP contribution in [0.1, 0.15) is 30.7 Å². The van der Waals surface area contributed by atoms with Gasteiger partial charge in [-0.1, -0.05) is 12.1 Å². The van der Waals surface area contributed by atoms with E-state index in [-0.39, 0.29) is 42.1 Å². The molecule has 0 spiro atoms. The Morgan fingerprint density at radius 3 is 2.57 bits per heavy atom. The highest BCUT2D eigenvalue weighted by Gasteiger charge is 2.49. The van der Waals surface area contributed by atoms with Gasteiger partial charge in [0.2, 0.25) is 0 Å². The summed E-state index contributed by atoms with van der Waals surface area (Å²) in [5.41, 5.74) is 1.05. The minimum atomic E-state index is -0.237. The fraction of sp³-hybridized carbons (Fsp3) is 0.562. The van der Waals surface area contributed by atoms with E-state index in [4.69, 9.17) is 4.74 Å². The summed E-state index contributed by atoms with van der Waals surface area (Å²) < 4.78 is 18.1. The van der Waals surface area contributed by atoms with Crippen molar-refractivity contribution < 1.29 is 13.9 Å². The lowest BCUT2D eigenvalue weighted by molar-refractivity contribution is -0.150. The molecule has 2 saturated heterocycles. The number of fused-ring (bicyclic) bond motifs is 2. The van der Waals surface area contributed by atoms with Crippen LogP contribution < -0.4 is 0 Å². The highest BCUT2D eigenvalue weighted by Crippen LogP contribution is 2.46. The summed E-state index contributed by atoms with van der Waals surface area (Å²) in [5, 5.41) is 0. The zero-order valence-electron chi connectivity index (χ0n) is 12.3. The zero-order chi connectivity index (χ0) is 14.3. The molecule has 0 aromatic heterocycles. The van der Waals surface area contributed by atoms with E-state index in [2.05, 4.69) is 11.9 Å². The van der Waals surface area contributed by atoms with Crippen LogP contribution in [0, 0.1) is 11.7 Å². The van der Waals surface area contributed by atoms with Crippen molar-refractivity contribution >= 4 is 18.4 Å². The number of halogens is 2. The molecule has 0 radical (unpaired) electrons. The van der Waals surface area contributed by atoms with Gasteiger partial charge >= 0.3 is 5.97 Å². The molecule has 0 amide bonds.